The van der Waals surface area contributed by atoms with Crippen molar-refractivity contribution in [2.24, 2.45) is 10.9 Å². The first kappa shape index (κ1) is 17.3. The van der Waals surface area contributed by atoms with E-state index in [1.54, 1.807) is 0 Å². The number of hydrogen-bond acceptors (Lipinski definition) is 2. The second kappa shape index (κ2) is 10.0. The van der Waals surface area contributed by atoms with Gasteiger partial charge in [0, 0.05) is 26.2 Å². The zero-order valence-corrected chi connectivity index (χ0v) is 13.6. The summed E-state index contributed by atoms with van der Waals surface area (Å²) in [5.74, 6) is 1.70. The highest BCUT2D eigenvalue weighted by Gasteiger charge is 2.23. The minimum atomic E-state index is -0.189. The van der Waals surface area contributed by atoms with E-state index in [2.05, 4.69) is 31.0 Å². The molecule has 0 aromatic heterocycles. The van der Waals surface area contributed by atoms with Gasteiger partial charge in [-0.15, -0.1) is 0 Å². The molecule has 1 unspecified atom stereocenters. The van der Waals surface area contributed by atoms with Gasteiger partial charge >= 0.3 is 0 Å². The van der Waals surface area contributed by atoms with Gasteiger partial charge in [0.1, 0.15) is 0 Å². The molecule has 0 saturated carbocycles. The first-order valence-electron chi connectivity index (χ1n) is 8.42. The van der Waals surface area contributed by atoms with Crippen LogP contribution in [0.5, 0.6) is 0 Å². The van der Waals surface area contributed by atoms with Crippen molar-refractivity contribution in [3.05, 3.63) is 0 Å². The lowest BCUT2D eigenvalue weighted by Crippen LogP contribution is -2.40. The Morgan fingerprint density at radius 2 is 2.10 bits per heavy atom. The summed E-state index contributed by atoms with van der Waals surface area (Å²) in [4.78, 5) is 7.01. The number of likely N-dealkylation sites (tertiary alicyclic amines) is 1. The molecule has 1 rings (SSSR count). The molecule has 1 saturated heterocycles. The van der Waals surface area contributed by atoms with Crippen molar-refractivity contribution < 1.29 is 5.11 Å². The molecule has 0 aromatic carbocycles. The van der Waals surface area contributed by atoms with Crippen LogP contribution in [0, 0.1) is 5.92 Å². The summed E-state index contributed by atoms with van der Waals surface area (Å²) in [5.41, 5.74) is 0. The Hall–Kier alpha value is -0.770. The van der Waals surface area contributed by atoms with Crippen LogP contribution in [0.4, 0.5) is 0 Å². The molecule has 1 fully saturated rings. The van der Waals surface area contributed by atoms with Crippen molar-refractivity contribution in [1.29, 1.82) is 0 Å². The van der Waals surface area contributed by atoms with Crippen LogP contribution in [-0.2, 0) is 0 Å². The maximum Gasteiger partial charge on any atom is 0.194 e. The maximum absolute atomic E-state index is 9.67. The lowest BCUT2D eigenvalue weighted by Gasteiger charge is -2.22. The quantitative estimate of drug-likeness (QED) is 0.532. The number of β-amino-alcohol motifs (C(OH)–C–C–N with tert-alkyl or cyclic N) is 1. The van der Waals surface area contributed by atoms with Crippen molar-refractivity contribution >= 4 is 5.96 Å². The first-order chi connectivity index (χ1) is 9.71. The summed E-state index contributed by atoms with van der Waals surface area (Å²) in [6, 6.07) is 0. The van der Waals surface area contributed by atoms with Crippen LogP contribution >= 0.6 is 0 Å². The average Bonchev–Trinajstić information content (AvgIpc) is 2.87. The molecular formula is C16H33N3O. The van der Waals surface area contributed by atoms with Crippen LogP contribution in [0.15, 0.2) is 4.99 Å². The molecule has 2 atom stereocenters. The summed E-state index contributed by atoms with van der Waals surface area (Å²) in [6.45, 7) is 10.1. The number of unbranched alkanes of at least 4 members (excludes halogenated alkanes) is 1. The summed E-state index contributed by atoms with van der Waals surface area (Å²) >= 11 is 0. The van der Waals surface area contributed by atoms with E-state index in [-0.39, 0.29) is 6.10 Å². The van der Waals surface area contributed by atoms with Gasteiger partial charge < -0.3 is 15.3 Å². The highest BCUT2D eigenvalue weighted by atomic mass is 16.3. The predicted molar refractivity (Wildman–Crippen MR) is 86.1 cm³/mol. The highest BCUT2D eigenvalue weighted by molar-refractivity contribution is 5.80. The third-order valence-corrected chi connectivity index (χ3v) is 3.96. The van der Waals surface area contributed by atoms with Crippen molar-refractivity contribution in [2.75, 3.05) is 26.2 Å². The molecule has 4 heteroatoms. The molecule has 118 valence electrons. The number of guanidine groups is 1. The third kappa shape index (κ3) is 6.12. The van der Waals surface area contributed by atoms with E-state index < -0.39 is 0 Å². The summed E-state index contributed by atoms with van der Waals surface area (Å²) in [6.07, 6.45) is 7.04. The molecule has 20 heavy (non-hydrogen) atoms. The Morgan fingerprint density at radius 3 is 2.65 bits per heavy atom. The van der Waals surface area contributed by atoms with E-state index in [9.17, 15) is 5.11 Å². The monoisotopic (exact) mass is 283 g/mol. The first-order valence-corrected chi connectivity index (χ1v) is 8.42. The van der Waals surface area contributed by atoms with Crippen LogP contribution in [0.25, 0.3) is 0 Å². The number of nitrogens with zero attached hydrogens (tertiary/aromatic N) is 2. The van der Waals surface area contributed by atoms with Crippen LogP contribution < -0.4 is 5.32 Å². The molecular weight excluding hydrogens is 250 g/mol. The van der Waals surface area contributed by atoms with Crippen LogP contribution in [0.1, 0.15) is 59.3 Å². The lowest BCUT2D eigenvalue weighted by molar-refractivity contribution is 0.187. The van der Waals surface area contributed by atoms with E-state index in [1.807, 2.05) is 0 Å². The lowest BCUT2D eigenvalue weighted by atomic mass is 9.97. The standard InChI is InChI=1S/C16H33N3O/c1-4-7-9-14(8-5-2)12-18-16(17-6-3)19-11-10-15(20)13-19/h14-15,20H,4-13H2,1-3H3,(H,17,18)/t14?,15-/m1/s1. The smallest absolute Gasteiger partial charge is 0.194 e. The van der Waals surface area contributed by atoms with Crippen molar-refractivity contribution in [1.82, 2.24) is 10.2 Å². The molecule has 1 aliphatic rings. The van der Waals surface area contributed by atoms with Crippen molar-refractivity contribution in [3.63, 3.8) is 0 Å². The summed E-state index contributed by atoms with van der Waals surface area (Å²) in [5, 5.41) is 13.0. The second-order valence-electron chi connectivity index (χ2n) is 5.88. The number of aliphatic hydroxyl groups excluding tert-OH is 1. The molecule has 0 aliphatic carbocycles. The number of aliphatic imine (C=N–C) groups is 1. The van der Waals surface area contributed by atoms with Gasteiger partial charge in [0.25, 0.3) is 0 Å². The number of nitrogens with one attached hydrogen (secondary N) is 1. The topological polar surface area (TPSA) is 47.9 Å². The molecule has 1 heterocycles. The summed E-state index contributed by atoms with van der Waals surface area (Å²) in [7, 11) is 0. The Morgan fingerprint density at radius 1 is 1.30 bits per heavy atom. The Balaban J connectivity index is 2.54. The van der Waals surface area contributed by atoms with Crippen LogP contribution in [-0.4, -0.2) is 48.2 Å². The van der Waals surface area contributed by atoms with E-state index >= 15 is 0 Å². The molecule has 0 spiro atoms. The van der Waals surface area contributed by atoms with Crippen molar-refractivity contribution in [3.8, 4) is 0 Å². The van der Waals surface area contributed by atoms with E-state index in [0.29, 0.717) is 5.92 Å². The number of rotatable bonds is 8. The SMILES string of the molecule is CCCCC(CCC)CN=C(NCC)N1CC[C@@H](O)C1. The van der Waals surface area contributed by atoms with E-state index in [1.165, 1.54) is 32.1 Å². The van der Waals surface area contributed by atoms with Gasteiger partial charge in [-0.3, -0.25) is 4.99 Å². The molecule has 0 aromatic rings. The second-order valence-corrected chi connectivity index (χ2v) is 5.88. The predicted octanol–water partition coefficient (Wildman–Crippen LogP) is 2.63. The average molecular weight is 283 g/mol. The van der Waals surface area contributed by atoms with Gasteiger partial charge in [0.05, 0.1) is 6.10 Å². The van der Waals surface area contributed by atoms with Crippen molar-refractivity contribution in [2.45, 2.75) is 65.4 Å². The molecule has 4 nitrogen and oxygen atoms in total. The Bertz CT molecular complexity index is 281. The fourth-order valence-electron chi connectivity index (χ4n) is 2.80. The minimum Gasteiger partial charge on any atom is -0.391 e. The van der Waals surface area contributed by atoms with E-state index in [4.69, 9.17) is 4.99 Å². The Kier molecular flexibility index (Phi) is 8.67. The molecule has 1 aliphatic heterocycles. The maximum atomic E-state index is 9.67. The highest BCUT2D eigenvalue weighted by Crippen LogP contribution is 2.16. The molecule has 0 bridgehead atoms. The van der Waals surface area contributed by atoms with Gasteiger partial charge in [0.15, 0.2) is 5.96 Å². The van der Waals surface area contributed by atoms with Gasteiger partial charge in [-0.25, -0.2) is 0 Å². The van der Waals surface area contributed by atoms with Crippen LogP contribution in [0.3, 0.4) is 0 Å². The fourth-order valence-corrected chi connectivity index (χ4v) is 2.80. The fraction of sp³-hybridized carbons (Fsp3) is 0.938. The van der Waals surface area contributed by atoms with Gasteiger partial charge in [0.2, 0.25) is 0 Å². The zero-order valence-electron chi connectivity index (χ0n) is 13.6. The summed E-state index contributed by atoms with van der Waals surface area (Å²) < 4.78 is 0. The van der Waals surface area contributed by atoms with E-state index in [0.717, 1.165) is 38.6 Å². The Labute approximate surface area is 124 Å². The third-order valence-electron chi connectivity index (χ3n) is 3.96. The normalized spacial score (nSPS) is 21.3. The minimum absolute atomic E-state index is 0.189. The van der Waals surface area contributed by atoms with Gasteiger partial charge in [-0.2, -0.15) is 0 Å². The molecule has 0 amide bonds. The molecule has 0 radical (unpaired) electrons. The molecule has 2 N–H and O–H groups in total. The van der Waals surface area contributed by atoms with Crippen LogP contribution in [0.2, 0.25) is 0 Å². The van der Waals surface area contributed by atoms with Gasteiger partial charge in [-0.1, -0.05) is 33.1 Å². The number of hydrogen-bond donors (Lipinski definition) is 2. The zero-order chi connectivity index (χ0) is 14.8. The van der Waals surface area contributed by atoms with Gasteiger partial charge in [-0.05, 0) is 32.1 Å². The largest absolute Gasteiger partial charge is 0.391 e. The number of aliphatic hydroxyl groups is 1.